The van der Waals surface area contributed by atoms with Gasteiger partial charge in [-0.05, 0) is 44.4 Å². The van der Waals surface area contributed by atoms with Crippen LogP contribution in [0.5, 0.6) is 17.4 Å². The van der Waals surface area contributed by atoms with E-state index in [0.29, 0.717) is 53.7 Å². The highest BCUT2D eigenvalue weighted by Crippen LogP contribution is 2.33. The van der Waals surface area contributed by atoms with E-state index in [4.69, 9.17) is 26.1 Å². The maximum absolute atomic E-state index is 13.7. The summed E-state index contributed by atoms with van der Waals surface area (Å²) in [7, 11) is 1.14. The van der Waals surface area contributed by atoms with Crippen molar-refractivity contribution in [1.82, 2.24) is 0 Å². The lowest BCUT2D eigenvalue weighted by molar-refractivity contribution is 0.101. The number of methoxy groups -OCH3 is 1. The summed E-state index contributed by atoms with van der Waals surface area (Å²) in [6.07, 6.45) is 12.5. The molecule has 2 atom stereocenters. The fourth-order valence-corrected chi connectivity index (χ4v) is 5.07. The molecule has 0 amide bonds. The second kappa shape index (κ2) is 16.7. The molecule has 3 rings (SSSR count). The lowest BCUT2D eigenvalue weighted by atomic mass is 9.89. The Bertz CT molecular complexity index is 1600. The third kappa shape index (κ3) is 8.76. The highest BCUT2D eigenvalue weighted by molar-refractivity contribution is 7.81. The van der Waals surface area contributed by atoms with Crippen LogP contribution < -0.4 is 25.5 Å². The number of thiocarbonyl (C=S) groups is 1. The van der Waals surface area contributed by atoms with Crippen LogP contribution in [0.4, 0.5) is 4.79 Å². The lowest BCUT2D eigenvalue weighted by Crippen LogP contribution is -2.44. The Morgan fingerprint density at radius 3 is 2.64 bits per heavy atom. The summed E-state index contributed by atoms with van der Waals surface area (Å²) < 4.78 is 21.6. The van der Waals surface area contributed by atoms with Crippen LogP contribution in [0.15, 0.2) is 45.6 Å². The molecule has 0 radical (unpaired) electrons. The average Bonchev–Trinajstić information content (AvgIpc) is 2.99. The standard InChI is InChI=1S/C34H40O9S/c1-5-7-14-27(36)24(30-32(38)26-16-15-22(44)20-29(26)42-33(30)43-34(39)40-4)13-10-8-9-11-19-41-28-18-17-23(21(3)35)31(37)25(28)12-6-2/h8-10,13,16-18,20,24,27,36-37H,5-7,11-12,14-15,19H2,1-4H3/b9-8-,13-10+/t24-,27-/m1/s1. The molecule has 1 aliphatic rings. The van der Waals surface area contributed by atoms with Crippen molar-refractivity contribution in [2.75, 3.05) is 13.7 Å². The van der Waals surface area contributed by atoms with Gasteiger partial charge < -0.3 is 28.8 Å². The molecule has 0 saturated heterocycles. The number of aliphatic hydroxyl groups excluding tert-OH is 1. The molecule has 1 heterocycles. The van der Waals surface area contributed by atoms with Crippen LogP contribution in [-0.4, -0.2) is 46.8 Å². The van der Waals surface area contributed by atoms with Gasteiger partial charge in [-0.15, -0.1) is 0 Å². The van der Waals surface area contributed by atoms with E-state index in [1.54, 1.807) is 42.5 Å². The maximum atomic E-state index is 13.7. The molecule has 2 aromatic rings. The van der Waals surface area contributed by atoms with Crippen molar-refractivity contribution in [2.24, 2.45) is 0 Å². The number of carbonyl (C=O) groups excluding carboxylic acids is 2. The van der Waals surface area contributed by atoms with E-state index < -0.39 is 23.6 Å². The zero-order valence-corrected chi connectivity index (χ0v) is 26.4. The number of allylic oxidation sites excluding steroid dienone is 2. The van der Waals surface area contributed by atoms with E-state index in [2.05, 4.69) is 4.74 Å². The third-order valence-electron chi connectivity index (χ3n) is 7.15. The van der Waals surface area contributed by atoms with Gasteiger partial charge in [-0.3, -0.25) is 9.59 Å². The topological polar surface area (TPSA) is 132 Å². The Labute approximate surface area is 262 Å². The Morgan fingerprint density at radius 2 is 1.95 bits per heavy atom. The van der Waals surface area contributed by atoms with Gasteiger partial charge in [0.15, 0.2) is 11.2 Å². The van der Waals surface area contributed by atoms with Crippen LogP contribution in [0.2, 0.25) is 0 Å². The highest BCUT2D eigenvalue weighted by atomic mass is 32.1. The lowest BCUT2D eigenvalue weighted by Gasteiger charge is -2.21. The van der Waals surface area contributed by atoms with Gasteiger partial charge in [0.2, 0.25) is 0 Å². The van der Waals surface area contributed by atoms with Gasteiger partial charge >= 0.3 is 12.1 Å². The number of phenolic OH excluding ortho intramolecular Hbond substituents is 1. The molecule has 0 bridgehead atoms. The fraction of sp³-hybridized carbons (Fsp3) is 0.412. The molecule has 0 unspecified atom stereocenters. The zero-order chi connectivity index (χ0) is 32.2. The van der Waals surface area contributed by atoms with Gasteiger partial charge in [-0.1, -0.05) is 75.7 Å². The largest absolute Gasteiger partial charge is 0.516 e. The number of ketones is 1. The number of rotatable bonds is 15. The number of hydrogen-bond donors (Lipinski definition) is 2. The third-order valence-corrected chi connectivity index (χ3v) is 7.43. The minimum Gasteiger partial charge on any atom is -0.507 e. The van der Waals surface area contributed by atoms with Crippen molar-refractivity contribution in [2.45, 2.75) is 77.7 Å². The molecule has 1 aromatic heterocycles. The first-order chi connectivity index (χ1) is 21.1. The predicted octanol–water partition coefficient (Wildman–Crippen LogP) is 5.20. The van der Waals surface area contributed by atoms with E-state index in [1.807, 2.05) is 19.9 Å². The summed E-state index contributed by atoms with van der Waals surface area (Å²) in [6.45, 7) is 5.71. The molecule has 2 N–H and O–H groups in total. The molecule has 10 heteroatoms. The minimum absolute atomic E-state index is 0.0143. The van der Waals surface area contributed by atoms with Gasteiger partial charge in [-0.2, -0.15) is 0 Å². The van der Waals surface area contributed by atoms with Gasteiger partial charge in [0.05, 0.1) is 36.2 Å². The molecule has 0 fully saturated rings. The highest BCUT2D eigenvalue weighted by Gasteiger charge is 2.29. The maximum Gasteiger partial charge on any atom is 0.516 e. The summed E-state index contributed by atoms with van der Waals surface area (Å²) in [4.78, 5) is 38.1. The molecule has 236 valence electrons. The number of aromatic hydroxyl groups is 1. The van der Waals surface area contributed by atoms with Gasteiger partial charge in [0.1, 0.15) is 16.9 Å². The number of benzene rings is 1. The molecule has 9 nitrogen and oxygen atoms in total. The van der Waals surface area contributed by atoms with Gasteiger partial charge in [0, 0.05) is 22.8 Å². The summed E-state index contributed by atoms with van der Waals surface area (Å²) in [5.74, 6) is -0.908. The Hall–Kier alpha value is -4.02. The first kappa shape index (κ1) is 34.5. The van der Waals surface area contributed by atoms with Gasteiger partial charge in [-0.25, -0.2) is 4.79 Å². The summed E-state index contributed by atoms with van der Waals surface area (Å²) >= 11 is 5.25. The van der Waals surface area contributed by atoms with Crippen molar-refractivity contribution in [3.05, 3.63) is 74.0 Å². The Kier molecular flexibility index (Phi) is 13.1. The Morgan fingerprint density at radius 1 is 1.18 bits per heavy atom. The van der Waals surface area contributed by atoms with Crippen molar-refractivity contribution in [3.8, 4) is 17.4 Å². The second-order valence-corrected chi connectivity index (χ2v) is 10.9. The SMILES string of the molecule is CCCC[C@@H](O)[C@@H](/C=C/C=C\CCOc1ccc(C(C)=O)c(O)c1CCC)c1c(OC(=O)OC)oc2c(c1=O)=CCC(=S)C=2. The summed E-state index contributed by atoms with van der Waals surface area (Å²) in [6, 6.07) is 3.27. The number of fused-ring (bicyclic) bond motifs is 1. The van der Waals surface area contributed by atoms with Crippen molar-refractivity contribution < 1.29 is 38.4 Å². The number of hydrogen-bond acceptors (Lipinski definition) is 10. The van der Waals surface area contributed by atoms with E-state index >= 15 is 0 Å². The normalized spacial score (nSPS) is 14.1. The van der Waals surface area contributed by atoms with Crippen molar-refractivity contribution in [3.63, 3.8) is 0 Å². The van der Waals surface area contributed by atoms with E-state index in [9.17, 15) is 24.6 Å². The van der Waals surface area contributed by atoms with Crippen LogP contribution >= 0.6 is 12.2 Å². The van der Waals surface area contributed by atoms with E-state index in [1.165, 1.54) is 6.92 Å². The Balaban J connectivity index is 1.85. The van der Waals surface area contributed by atoms with Crippen molar-refractivity contribution >= 4 is 41.2 Å². The average molecular weight is 625 g/mol. The van der Waals surface area contributed by atoms with Crippen LogP contribution in [-0.2, 0) is 11.2 Å². The minimum atomic E-state index is -1.06. The van der Waals surface area contributed by atoms with Gasteiger partial charge in [0.25, 0.3) is 0 Å². The number of Topliss-reactive ketones (excluding diaryl/α,β-unsaturated/α-hetero) is 1. The summed E-state index contributed by atoms with van der Waals surface area (Å²) in [5.41, 5.74) is 0.660. The number of phenols is 1. The van der Waals surface area contributed by atoms with Crippen molar-refractivity contribution in [1.29, 1.82) is 0 Å². The number of unbranched alkanes of at least 4 members (excludes halogenated alkanes) is 1. The number of ether oxygens (including phenoxy) is 3. The van der Waals surface area contributed by atoms with Crippen LogP contribution in [0, 0.1) is 0 Å². The quantitative estimate of drug-likeness (QED) is 0.0896. The molecule has 0 aliphatic heterocycles. The monoisotopic (exact) mass is 624 g/mol. The molecular formula is C34H40O9S. The summed E-state index contributed by atoms with van der Waals surface area (Å²) in [5, 5.41) is 22.0. The van der Waals surface area contributed by atoms with Crippen LogP contribution in [0.3, 0.4) is 0 Å². The fourth-order valence-electron chi connectivity index (χ4n) is 4.88. The van der Waals surface area contributed by atoms with Crippen LogP contribution in [0.25, 0.3) is 12.2 Å². The second-order valence-electron chi connectivity index (χ2n) is 10.4. The first-order valence-electron chi connectivity index (χ1n) is 14.8. The number of carbonyl (C=O) groups is 2. The molecule has 0 spiro atoms. The van der Waals surface area contributed by atoms with E-state index in [-0.39, 0.29) is 34.0 Å². The molecular weight excluding hydrogens is 584 g/mol. The molecule has 44 heavy (non-hydrogen) atoms. The molecule has 1 aliphatic carbocycles. The first-order valence-corrected chi connectivity index (χ1v) is 15.2. The van der Waals surface area contributed by atoms with Crippen LogP contribution in [0.1, 0.15) is 86.7 Å². The predicted molar refractivity (Wildman–Crippen MR) is 172 cm³/mol. The molecule has 0 saturated carbocycles. The number of aliphatic hydroxyl groups is 1. The zero-order valence-electron chi connectivity index (χ0n) is 25.6. The molecule has 1 aromatic carbocycles. The van der Waals surface area contributed by atoms with E-state index in [0.717, 1.165) is 26.4 Å². The smallest absolute Gasteiger partial charge is 0.507 e.